The maximum absolute atomic E-state index is 8.81. The monoisotopic (exact) mass is 240 g/mol. The predicted octanol–water partition coefficient (Wildman–Crippen LogP) is 0.894. The van der Waals surface area contributed by atoms with Crippen LogP contribution < -0.4 is 15.4 Å². The number of para-hydroxylation sites is 1. The Balaban J connectivity index is 2.86. The van der Waals surface area contributed by atoms with Gasteiger partial charge in [0, 0.05) is 13.1 Å². The molecule has 0 aliphatic heterocycles. The van der Waals surface area contributed by atoms with Gasteiger partial charge in [0.15, 0.2) is 5.75 Å². The number of rotatable bonds is 8. The van der Waals surface area contributed by atoms with E-state index in [0.29, 0.717) is 19.7 Å². The van der Waals surface area contributed by atoms with Crippen LogP contribution in [0.5, 0.6) is 5.75 Å². The maximum atomic E-state index is 8.81. The minimum atomic E-state index is 0.0693. The van der Waals surface area contributed by atoms with Gasteiger partial charge in [0.05, 0.1) is 31.2 Å². The zero-order valence-corrected chi connectivity index (χ0v) is 10.1. The Hall–Kier alpha value is -1.46. The van der Waals surface area contributed by atoms with E-state index in [0.717, 1.165) is 17.1 Å². The standard InChI is InChI=1S/C12H20N2O3/c1-2-17-12-10(13-6-8-15)4-3-5-11(12)14-7-9-16/h3-5,13-16H,2,6-9H2,1H3. The van der Waals surface area contributed by atoms with Crippen LogP contribution in [0.1, 0.15) is 6.92 Å². The molecule has 0 spiro atoms. The van der Waals surface area contributed by atoms with Crippen LogP contribution >= 0.6 is 0 Å². The molecule has 1 rings (SSSR count). The third-order valence-electron chi connectivity index (χ3n) is 2.16. The van der Waals surface area contributed by atoms with E-state index in [9.17, 15) is 0 Å². The number of ether oxygens (including phenoxy) is 1. The molecule has 0 heterocycles. The third-order valence-corrected chi connectivity index (χ3v) is 2.16. The Morgan fingerprint density at radius 3 is 2.00 bits per heavy atom. The number of nitrogens with one attached hydrogen (secondary N) is 2. The molecule has 0 radical (unpaired) electrons. The Kier molecular flexibility index (Phi) is 6.21. The number of hydrogen-bond acceptors (Lipinski definition) is 5. The smallest absolute Gasteiger partial charge is 0.165 e. The van der Waals surface area contributed by atoms with Gasteiger partial charge in [-0.1, -0.05) is 6.07 Å². The molecule has 0 bridgehead atoms. The highest BCUT2D eigenvalue weighted by Crippen LogP contribution is 2.33. The number of hydrogen-bond donors (Lipinski definition) is 4. The predicted molar refractivity (Wildman–Crippen MR) is 68.8 cm³/mol. The molecular formula is C12H20N2O3. The Morgan fingerprint density at radius 1 is 1.06 bits per heavy atom. The summed E-state index contributed by atoms with van der Waals surface area (Å²) in [5.41, 5.74) is 1.67. The fourth-order valence-electron chi connectivity index (χ4n) is 1.50. The summed E-state index contributed by atoms with van der Waals surface area (Å²) in [5, 5.41) is 23.8. The van der Waals surface area contributed by atoms with Crippen LogP contribution in [0.25, 0.3) is 0 Å². The minimum absolute atomic E-state index is 0.0693. The van der Waals surface area contributed by atoms with Crippen molar-refractivity contribution in [3.05, 3.63) is 18.2 Å². The molecule has 0 unspecified atom stereocenters. The van der Waals surface area contributed by atoms with Crippen LogP contribution in [0.15, 0.2) is 18.2 Å². The summed E-state index contributed by atoms with van der Waals surface area (Å²) >= 11 is 0. The largest absolute Gasteiger partial charge is 0.490 e. The van der Waals surface area contributed by atoms with E-state index < -0.39 is 0 Å². The highest BCUT2D eigenvalue weighted by Gasteiger charge is 2.08. The van der Waals surface area contributed by atoms with Crippen LogP contribution in [0, 0.1) is 0 Å². The second kappa shape index (κ2) is 7.76. The lowest BCUT2D eigenvalue weighted by atomic mass is 10.2. The molecule has 5 nitrogen and oxygen atoms in total. The molecule has 4 N–H and O–H groups in total. The number of anilines is 2. The molecule has 1 aromatic carbocycles. The molecule has 1 aromatic rings. The summed E-state index contributed by atoms with van der Waals surface area (Å²) in [6.07, 6.45) is 0. The van der Waals surface area contributed by atoms with E-state index in [1.54, 1.807) is 0 Å². The molecule has 0 aromatic heterocycles. The average Bonchev–Trinajstić information content (AvgIpc) is 2.36. The summed E-state index contributed by atoms with van der Waals surface area (Å²) in [6, 6.07) is 5.68. The zero-order valence-electron chi connectivity index (χ0n) is 10.1. The van der Waals surface area contributed by atoms with Gasteiger partial charge in [-0.15, -0.1) is 0 Å². The number of benzene rings is 1. The van der Waals surface area contributed by atoms with Gasteiger partial charge in [0.25, 0.3) is 0 Å². The van der Waals surface area contributed by atoms with Crippen LogP contribution in [-0.2, 0) is 0 Å². The molecule has 0 aliphatic rings. The van der Waals surface area contributed by atoms with Gasteiger partial charge < -0.3 is 25.6 Å². The summed E-state index contributed by atoms with van der Waals surface area (Å²) in [4.78, 5) is 0. The van der Waals surface area contributed by atoms with E-state index in [-0.39, 0.29) is 13.2 Å². The van der Waals surface area contributed by atoms with E-state index in [1.165, 1.54) is 0 Å². The molecule has 0 amide bonds. The van der Waals surface area contributed by atoms with Gasteiger partial charge in [0.2, 0.25) is 0 Å². The first-order chi connectivity index (χ1) is 8.33. The lowest BCUT2D eigenvalue weighted by Gasteiger charge is -2.16. The SMILES string of the molecule is CCOc1c(NCCO)cccc1NCCO. The summed E-state index contributed by atoms with van der Waals surface area (Å²) in [5.74, 6) is 0.719. The van der Waals surface area contributed by atoms with Crippen molar-refractivity contribution >= 4 is 11.4 Å². The molecule has 0 aliphatic carbocycles. The van der Waals surface area contributed by atoms with E-state index in [1.807, 2.05) is 25.1 Å². The van der Waals surface area contributed by atoms with E-state index in [2.05, 4.69) is 10.6 Å². The first-order valence-electron chi connectivity index (χ1n) is 5.78. The molecule has 5 heteroatoms. The molecule has 0 saturated heterocycles. The van der Waals surface area contributed by atoms with Gasteiger partial charge in [-0.3, -0.25) is 0 Å². The van der Waals surface area contributed by atoms with Crippen molar-refractivity contribution in [1.29, 1.82) is 0 Å². The Labute approximate surface area is 101 Å². The van der Waals surface area contributed by atoms with Crippen LogP contribution in [0.4, 0.5) is 11.4 Å². The normalized spacial score (nSPS) is 10.1. The topological polar surface area (TPSA) is 73.8 Å². The van der Waals surface area contributed by atoms with Crippen LogP contribution in [0.3, 0.4) is 0 Å². The first-order valence-corrected chi connectivity index (χ1v) is 5.78. The Bertz CT molecular complexity index is 305. The van der Waals surface area contributed by atoms with E-state index in [4.69, 9.17) is 14.9 Å². The molecule has 0 fully saturated rings. The average molecular weight is 240 g/mol. The second-order valence-electron chi connectivity index (χ2n) is 3.42. The quantitative estimate of drug-likeness (QED) is 0.543. The van der Waals surface area contributed by atoms with Gasteiger partial charge in [0.1, 0.15) is 0 Å². The Morgan fingerprint density at radius 2 is 1.59 bits per heavy atom. The summed E-state index contributed by atoms with van der Waals surface area (Å²) in [7, 11) is 0. The summed E-state index contributed by atoms with van der Waals surface area (Å²) < 4.78 is 5.57. The third kappa shape index (κ3) is 4.13. The highest BCUT2D eigenvalue weighted by atomic mass is 16.5. The minimum Gasteiger partial charge on any atom is -0.490 e. The number of aliphatic hydroxyl groups excluding tert-OH is 2. The van der Waals surface area contributed by atoms with Crippen molar-refractivity contribution in [3.8, 4) is 5.75 Å². The first kappa shape index (κ1) is 13.6. The van der Waals surface area contributed by atoms with Crippen molar-refractivity contribution < 1.29 is 14.9 Å². The lowest BCUT2D eigenvalue weighted by molar-refractivity contribution is 0.309. The van der Waals surface area contributed by atoms with E-state index >= 15 is 0 Å². The molecular weight excluding hydrogens is 220 g/mol. The fraction of sp³-hybridized carbons (Fsp3) is 0.500. The molecule has 17 heavy (non-hydrogen) atoms. The van der Waals surface area contributed by atoms with Crippen molar-refractivity contribution in [2.75, 3.05) is 43.5 Å². The van der Waals surface area contributed by atoms with Crippen molar-refractivity contribution in [2.24, 2.45) is 0 Å². The molecule has 96 valence electrons. The van der Waals surface area contributed by atoms with Crippen LogP contribution in [-0.4, -0.2) is 43.1 Å². The van der Waals surface area contributed by atoms with Gasteiger partial charge in [-0.05, 0) is 19.1 Å². The second-order valence-corrected chi connectivity index (χ2v) is 3.42. The van der Waals surface area contributed by atoms with Crippen molar-refractivity contribution in [3.63, 3.8) is 0 Å². The number of aliphatic hydroxyl groups is 2. The maximum Gasteiger partial charge on any atom is 0.165 e. The zero-order chi connectivity index (χ0) is 12.5. The molecule has 0 atom stereocenters. The van der Waals surface area contributed by atoms with Crippen molar-refractivity contribution in [1.82, 2.24) is 0 Å². The summed E-state index contributed by atoms with van der Waals surface area (Å²) in [6.45, 7) is 3.57. The fourth-order valence-corrected chi connectivity index (χ4v) is 1.50. The molecule has 0 saturated carbocycles. The van der Waals surface area contributed by atoms with Crippen molar-refractivity contribution in [2.45, 2.75) is 6.92 Å². The van der Waals surface area contributed by atoms with Gasteiger partial charge >= 0.3 is 0 Å². The van der Waals surface area contributed by atoms with Gasteiger partial charge in [-0.2, -0.15) is 0 Å². The van der Waals surface area contributed by atoms with Crippen LogP contribution in [0.2, 0.25) is 0 Å². The van der Waals surface area contributed by atoms with Gasteiger partial charge in [-0.25, -0.2) is 0 Å². The lowest BCUT2D eigenvalue weighted by Crippen LogP contribution is -2.11. The highest BCUT2D eigenvalue weighted by molar-refractivity contribution is 5.71.